The molecule has 1 heterocycles. The van der Waals surface area contributed by atoms with Gasteiger partial charge in [-0.2, -0.15) is 4.31 Å². The normalized spacial score (nSPS) is 19.9. The molecule has 0 unspecified atom stereocenters. The lowest BCUT2D eigenvalue weighted by Crippen LogP contribution is -2.44. The van der Waals surface area contributed by atoms with Crippen molar-refractivity contribution in [2.24, 2.45) is 5.92 Å². The number of amides is 1. The summed E-state index contributed by atoms with van der Waals surface area (Å²) in [5.74, 6) is 0.306. The van der Waals surface area contributed by atoms with Crippen LogP contribution >= 0.6 is 11.6 Å². The van der Waals surface area contributed by atoms with E-state index < -0.39 is 10.0 Å². The average molecular weight is 477 g/mol. The van der Waals surface area contributed by atoms with E-state index in [4.69, 9.17) is 16.3 Å². The predicted octanol–water partition coefficient (Wildman–Crippen LogP) is 4.33. The van der Waals surface area contributed by atoms with Crippen LogP contribution in [0.5, 0.6) is 5.75 Å². The zero-order valence-electron chi connectivity index (χ0n) is 18.2. The number of carbonyl (C=O) groups excluding carboxylic acids is 1. The van der Waals surface area contributed by atoms with Gasteiger partial charge in [0, 0.05) is 19.0 Å². The second-order valence-electron chi connectivity index (χ2n) is 8.36. The Hall–Kier alpha value is -2.09. The minimum atomic E-state index is -3.67. The first-order chi connectivity index (χ1) is 15.4. The molecule has 1 amide bonds. The van der Waals surface area contributed by atoms with Crippen LogP contribution < -0.4 is 10.1 Å². The van der Waals surface area contributed by atoms with Crippen LogP contribution in [0.3, 0.4) is 0 Å². The fourth-order valence-corrected chi connectivity index (χ4v) is 6.41. The number of nitrogens with one attached hydrogen (secondary N) is 1. The van der Waals surface area contributed by atoms with Crippen molar-refractivity contribution in [3.63, 3.8) is 0 Å². The highest BCUT2D eigenvalue weighted by atomic mass is 35.5. The van der Waals surface area contributed by atoms with Crippen molar-refractivity contribution in [3.05, 3.63) is 58.6 Å². The Morgan fingerprint density at radius 2 is 1.91 bits per heavy atom. The maximum Gasteiger partial charge on any atom is 0.243 e. The smallest absolute Gasteiger partial charge is 0.243 e. The molecule has 4 rings (SSSR count). The van der Waals surface area contributed by atoms with E-state index in [1.165, 1.54) is 27.6 Å². The third-order valence-corrected chi connectivity index (χ3v) is 8.54. The number of hydrogen-bond donors (Lipinski definition) is 1. The second-order valence-corrected chi connectivity index (χ2v) is 10.7. The van der Waals surface area contributed by atoms with Crippen molar-refractivity contribution in [3.8, 4) is 5.75 Å². The number of rotatable bonds is 6. The van der Waals surface area contributed by atoms with Crippen LogP contribution in [0.15, 0.2) is 47.4 Å². The number of aryl methyl sites for hydroxylation is 1. The first kappa shape index (κ1) is 23.1. The number of nitrogens with zero attached hydrogens (tertiary/aromatic N) is 1. The monoisotopic (exact) mass is 476 g/mol. The van der Waals surface area contributed by atoms with Crippen molar-refractivity contribution in [2.75, 3.05) is 19.7 Å². The molecular weight excluding hydrogens is 448 g/mol. The number of halogens is 1. The van der Waals surface area contributed by atoms with E-state index in [1.54, 1.807) is 6.07 Å². The zero-order valence-corrected chi connectivity index (χ0v) is 19.8. The molecule has 0 aromatic heterocycles. The summed E-state index contributed by atoms with van der Waals surface area (Å²) in [6.07, 6.45) is 4.06. The van der Waals surface area contributed by atoms with E-state index in [2.05, 4.69) is 17.4 Å². The number of ether oxygens (including phenoxy) is 1. The van der Waals surface area contributed by atoms with Gasteiger partial charge < -0.3 is 10.1 Å². The molecule has 1 fully saturated rings. The molecule has 1 saturated heterocycles. The molecule has 0 bridgehead atoms. The van der Waals surface area contributed by atoms with Crippen LogP contribution in [0.25, 0.3) is 0 Å². The van der Waals surface area contributed by atoms with E-state index >= 15 is 0 Å². The van der Waals surface area contributed by atoms with Gasteiger partial charge in [-0.1, -0.05) is 35.9 Å². The van der Waals surface area contributed by atoms with Crippen molar-refractivity contribution in [2.45, 2.75) is 50.0 Å². The van der Waals surface area contributed by atoms with E-state index in [1.807, 2.05) is 19.1 Å². The minimum Gasteiger partial charge on any atom is -0.492 e. The van der Waals surface area contributed by atoms with Crippen LogP contribution in [-0.2, 0) is 21.2 Å². The summed E-state index contributed by atoms with van der Waals surface area (Å²) in [6.45, 7) is 2.92. The average Bonchev–Trinajstić information content (AvgIpc) is 2.81. The van der Waals surface area contributed by atoms with Gasteiger partial charge in [0.1, 0.15) is 5.75 Å². The van der Waals surface area contributed by atoms with Crippen molar-refractivity contribution in [1.29, 1.82) is 0 Å². The van der Waals surface area contributed by atoms with Crippen LogP contribution in [0.4, 0.5) is 0 Å². The quantitative estimate of drug-likeness (QED) is 0.673. The number of sulfonamides is 1. The van der Waals surface area contributed by atoms with Crippen LogP contribution in [0.2, 0.25) is 5.02 Å². The van der Waals surface area contributed by atoms with Gasteiger partial charge in [-0.25, -0.2) is 8.42 Å². The first-order valence-electron chi connectivity index (χ1n) is 11.2. The lowest BCUT2D eigenvalue weighted by Gasteiger charge is -2.32. The highest BCUT2D eigenvalue weighted by Gasteiger charge is 2.33. The van der Waals surface area contributed by atoms with Gasteiger partial charge in [0.05, 0.1) is 22.6 Å². The molecule has 0 radical (unpaired) electrons. The summed E-state index contributed by atoms with van der Waals surface area (Å²) < 4.78 is 33.0. The molecule has 1 aliphatic heterocycles. The third kappa shape index (κ3) is 4.80. The summed E-state index contributed by atoms with van der Waals surface area (Å²) in [5.41, 5.74) is 2.51. The fourth-order valence-electron chi connectivity index (χ4n) is 4.62. The summed E-state index contributed by atoms with van der Waals surface area (Å²) in [5, 5.41) is 3.49. The lowest BCUT2D eigenvalue weighted by molar-refractivity contribution is -0.127. The molecule has 1 atom stereocenters. The largest absolute Gasteiger partial charge is 0.492 e. The van der Waals surface area contributed by atoms with Crippen LogP contribution in [0, 0.1) is 5.92 Å². The van der Waals surface area contributed by atoms with Crippen molar-refractivity contribution in [1.82, 2.24) is 9.62 Å². The number of benzene rings is 2. The third-order valence-electron chi connectivity index (χ3n) is 6.35. The molecule has 32 heavy (non-hydrogen) atoms. The SMILES string of the molecule is CCOc1ccc(S(=O)(=O)N2CCC(C(=O)N[C@H]3CCCc4ccccc43)CC2)cc1Cl. The van der Waals surface area contributed by atoms with Crippen molar-refractivity contribution >= 4 is 27.5 Å². The van der Waals surface area contributed by atoms with Gasteiger partial charge in [-0.05, 0) is 68.4 Å². The Morgan fingerprint density at radius 1 is 1.16 bits per heavy atom. The molecule has 0 saturated carbocycles. The Labute approximate surface area is 195 Å². The van der Waals surface area contributed by atoms with Crippen LogP contribution in [-0.4, -0.2) is 38.3 Å². The Balaban J connectivity index is 1.38. The Bertz CT molecular complexity index is 1080. The van der Waals surface area contributed by atoms with Gasteiger partial charge in [0.2, 0.25) is 15.9 Å². The molecule has 6 nitrogen and oxygen atoms in total. The fraction of sp³-hybridized carbons (Fsp3) is 0.458. The maximum absolute atomic E-state index is 13.1. The summed E-state index contributed by atoms with van der Waals surface area (Å²) in [4.78, 5) is 13.1. The van der Waals surface area contributed by atoms with Gasteiger partial charge in [-0.3, -0.25) is 4.79 Å². The molecule has 2 aromatic carbocycles. The topological polar surface area (TPSA) is 75.7 Å². The zero-order chi connectivity index (χ0) is 22.7. The second kappa shape index (κ2) is 9.81. The van der Waals surface area contributed by atoms with E-state index in [-0.39, 0.29) is 27.8 Å². The van der Waals surface area contributed by atoms with Gasteiger partial charge in [-0.15, -0.1) is 0 Å². The molecule has 2 aliphatic rings. The van der Waals surface area contributed by atoms with E-state index in [0.717, 1.165) is 19.3 Å². The van der Waals surface area contributed by atoms with E-state index in [0.29, 0.717) is 38.3 Å². The molecule has 2 aromatic rings. The van der Waals surface area contributed by atoms with E-state index in [9.17, 15) is 13.2 Å². The molecule has 1 N–H and O–H groups in total. The molecule has 1 aliphatic carbocycles. The van der Waals surface area contributed by atoms with Crippen molar-refractivity contribution < 1.29 is 17.9 Å². The Morgan fingerprint density at radius 3 is 2.62 bits per heavy atom. The summed E-state index contributed by atoms with van der Waals surface area (Å²) in [6, 6.07) is 12.9. The minimum absolute atomic E-state index is 0.0212. The molecule has 172 valence electrons. The number of piperidine rings is 1. The number of hydrogen-bond acceptors (Lipinski definition) is 4. The predicted molar refractivity (Wildman–Crippen MR) is 124 cm³/mol. The summed E-state index contributed by atoms with van der Waals surface area (Å²) >= 11 is 6.19. The number of carbonyl (C=O) groups is 1. The summed E-state index contributed by atoms with van der Waals surface area (Å²) in [7, 11) is -3.67. The van der Waals surface area contributed by atoms with Gasteiger partial charge in [0.25, 0.3) is 0 Å². The molecular formula is C24H29ClN2O4S. The number of fused-ring (bicyclic) bond motifs is 1. The van der Waals surface area contributed by atoms with Gasteiger partial charge >= 0.3 is 0 Å². The molecule has 0 spiro atoms. The molecule has 8 heteroatoms. The maximum atomic E-state index is 13.1. The highest BCUT2D eigenvalue weighted by molar-refractivity contribution is 7.89. The highest BCUT2D eigenvalue weighted by Crippen LogP contribution is 2.32. The van der Waals surface area contributed by atoms with Gasteiger partial charge in [0.15, 0.2) is 0 Å². The first-order valence-corrected chi connectivity index (χ1v) is 13.0. The van der Waals surface area contributed by atoms with Crippen LogP contribution in [0.1, 0.15) is 49.8 Å². The Kier molecular flexibility index (Phi) is 7.08. The lowest BCUT2D eigenvalue weighted by atomic mass is 9.87. The standard InChI is InChI=1S/C24H29ClN2O4S/c1-2-31-23-11-10-19(16-21(23)25)32(29,30)27-14-12-18(13-15-27)24(28)26-22-9-5-7-17-6-3-4-8-20(17)22/h3-4,6,8,10-11,16,18,22H,2,5,7,9,12-15H2,1H3,(H,26,28)/t22-/m0/s1.